The van der Waals surface area contributed by atoms with Crippen molar-refractivity contribution < 1.29 is 10.2 Å². The monoisotopic (exact) mass is 230 g/mol. The number of hydrogen-bond donors (Lipinski definition) is 3. The molecule has 1 fully saturated rings. The van der Waals surface area contributed by atoms with Gasteiger partial charge < -0.3 is 15.5 Å². The van der Waals surface area contributed by atoms with E-state index in [1.807, 2.05) is 7.05 Å². The van der Waals surface area contributed by atoms with Crippen molar-refractivity contribution in [1.82, 2.24) is 10.2 Å². The van der Waals surface area contributed by atoms with E-state index in [9.17, 15) is 10.2 Å². The number of nitrogens with zero attached hydrogens (tertiary/aromatic N) is 1. The van der Waals surface area contributed by atoms with Crippen molar-refractivity contribution in [2.75, 3.05) is 33.2 Å². The quantitative estimate of drug-likeness (QED) is 0.603. The zero-order valence-corrected chi connectivity index (χ0v) is 10.7. The van der Waals surface area contributed by atoms with Gasteiger partial charge in [0.2, 0.25) is 0 Å². The van der Waals surface area contributed by atoms with Crippen LogP contribution < -0.4 is 5.32 Å². The Morgan fingerprint density at radius 1 is 1.19 bits per heavy atom. The standard InChI is InChI=1S/C12H26N2O2/c1-4-12(5-2,8-13-3)9-14-6-10(15)11(16)7-14/h10-11,13,15-16H,4-9H2,1-3H3. The first-order valence-corrected chi connectivity index (χ1v) is 6.30. The number of hydrogen-bond acceptors (Lipinski definition) is 4. The molecule has 2 unspecified atom stereocenters. The van der Waals surface area contributed by atoms with E-state index >= 15 is 0 Å². The van der Waals surface area contributed by atoms with Gasteiger partial charge in [-0.3, -0.25) is 4.90 Å². The van der Waals surface area contributed by atoms with Crippen molar-refractivity contribution in [2.45, 2.75) is 38.9 Å². The first-order chi connectivity index (χ1) is 7.56. The molecule has 0 bridgehead atoms. The van der Waals surface area contributed by atoms with Gasteiger partial charge in [0, 0.05) is 26.2 Å². The van der Waals surface area contributed by atoms with Crippen molar-refractivity contribution in [3.8, 4) is 0 Å². The van der Waals surface area contributed by atoms with Gasteiger partial charge in [0.05, 0.1) is 12.2 Å². The predicted molar refractivity (Wildman–Crippen MR) is 65.4 cm³/mol. The second kappa shape index (κ2) is 5.96. The molecule has 1 aliphatic rings. The Morgan fingerprint density at radius 2 is 1.69 bits per heavy atom. The van der Waals surface area contributed by atoms with Gasteiger partial charge in [0.1, 0.15) is 0 Å². The lowest BCUT2D eigenvalue weighted by molar-refractivity contribution is 0.0572. The molecule has 2 atom stereocenters. The summed E-state index contributed by atoms with van der Waals surface area (Å²) in [5.74, 6) is 0. The average Bonchev–Trinajstić information content (AvgIpc) is 2.57. The fourth-order valence-corrected chi connectivity index (χ4v) is 2.60. The van der Waals surface area contributed by atoms with Crippen molar-refractivity contribution >= 4 is 0 Å². The second-order valence-electron chi connectivity index (χ2n) is 5.07. The fraction of sp³-hybridized carbons (Fsp3) is 1.00. The largest absolute Gasteiger partial charge is 0.389 e. The summed E-state index contributed by atoms with van der Waals surface area (Å²) in [6, 6.07) is 0. The van der Waals surface area contributed by atoms with Crippen LogP contribution in [0.15, 0.2) is 0 Å². The second-order valence-corrected chi connectivity index (χ2v) is 5.07. The number of likely N-dealkylation sites (tertiary alicyclic amines) is 1. The molecule has 1 saturated heterocycles. The van der Waals surface area contributed by atoms with Gasteiger partial charge in [-0.25, -0.2) is 0 Å². The predicted octanol–water partition coefficient (Wildman–Crippen LogP) is 0.0496. The van der Waals surface area contributed by atoms with Crippen molar-refractivity contribution in [3.63, 3.8) is 0 Å². The lowest BCUT2D eigenvalue weighted by Crippen LogP contribution is -2.42. The summed E-state index contributed by atoms with van der Waals surface area (Å²) in [7, 11) is 1.98. The molecule has 0 amide bonds. The molecule has 3 N–H and O–H groups in total. The Bertz CT molecular complexity index is 197. The summed E-state index contributed by atoms with van der Waals surface area (Å²) >= 11 is 0. The smallest absolute Gasteiger partial charge is 0.0938 e. The molecule has 16 heavy (non-hydrogen) atoms. The zero-order valence-electron chi connectivity index (χ0n) is 10.7. The first kappa shape index (κ1) is 13.9. The van der Waals surface area contributed by atoms with E-state index in [2.05, 4.69) is 24.1 Å². The van der Waals surface area contributed by atoms with Crippen LogP contribution in [0.25, 0.3) is 0 Å². The average molecular weight is 230 g/mol. The zero-order chi connectivity index (χ0) is 12.2. The third-order valence-electron chi connectivity index (χ3n) is 3.95. The molecule has 0 aromatic carbocycles. The lowest BCUT2D eigenvalue weighted by Gasteiger charge is -2.35. The maximum absolute atomic E-state index is 9.53. The Morgan fingerprint density at radius 3 is 2.06 bits per heavy atom. The van der Waals surface area contributed by atoms with Crippen molar-refractivity contribution in [2.24, 2.45) is 5.41 Å². The van der Waals surface area contributed by atoms with E-state index in [1.54, 1.807) is 0 Å². The minimum Gasteiger partial charge on any atom is -0.389 e. The van der Waals surface area contributed by atoms with E-state index in [-0.39, 0.29) is 5.41 Å². The first-order valence-electron chi connectivity index (χ1n) is 6.30. The Hall–Kier alpha value is -0.160. The van der Waals surface area contributed by atoms with Crippen LogP contribution in [0, 0.1) is 5.41 Å². The van der Waals surface area contributed by atoms with Crippen molar-refractivity contribution in [1.29, 1.82) is 0 Å². The lowest BCUT2D eigenvalue weighted by atomic mass is 9.81. The van der Waals surface area contributed by atoms with Crippen LogP contribution in [-0.4, -0.2) is 60.5 Å². The van der Waals surface area contributed by atoms with Crippen LogP contribution in [0.5, 0.6) is 0 Å². The topological polar surface area (TPSA) is 55.7 Å². The third-order valence-corrected chi connectivity index (χ3v) is 3.95. The van der Waals surface area contributed by atoms with Crippen LogP contribution in [0.1, 0.15) is 26.7 Å². The highest BCUT2D eigenvalue weighted by molar-refractivity contribution is 4.89. The number of β-amino-alcohol motifs (C(OH)–C–C–N with tert-alkyl or cyclic N) is 2. The molecule has 0 aromatic heterocycles. The molecule has 0 saturated carbocycles. The summed E-state index contributed by atoms with van der Waals surface area (Å²) in [5, 5.41) is 22.3. The summed E-state index contributed by atoms with van der Waals surface area (Å²) in [5.41, 5.74) is 0.262. The van der Waals surface area contributed by atoms with E-state index in [1.165, 1.54) is 0 Å². The van der Waals surface area contributed by atoms with Gasteiger partial charge in [-0.05, 0) is 25.3 Å². The molecular formula is C12H26N2O2. The maximum atomic E-state index is 9.53. The van der Waals surface area contributed by atoms with Crippen LogP contribution in [0.4, 0.5) is 0 Å². The molecule has 0 aromatic rings. The van der Waals surface area contributed by atoms with Crippen molar-refractivity contribution in [3.05, 3.63) is 0 Å². The molecular weight excluding hydrogens is 204 g/mol. The van der Waals surface area contributed by atoms with E-state index in [0.29, 0.717) is 13.1 Å². The van der Waals surface area contributed by atoms with Crippen LogP contribution >= 0.6 is 0 Å². The number of nitrogens with one attached hydrogen (secondary N) is 1. The number of rotatable bonds is 6. The summed E-state index contributed by atoms with van der Waals surface area (Å²) < 4.78 is 0. The minimum atomic E-state index is -0.569. The highest BCUT2D eigenvalue weighted by atomic mass is 16.3. The molecule has 96 valence electrons. The van der Waals surface area contributed by atoms with Crippen LogP contribution in [0.3, 0.4) is 0 Å². The Kier molecular flexibility index (Phi) is 5.18. The molecule has 4 heteroatoms. The van der Waals surface area contributed by atoms with Gasteiger partial charge in [0.25, 0.3) is 0 Å². The van der Waals surface area contributed by atoms with E-state index in [0.717, 1.165) is 25.9 Å². The number of aliphatic hydroxyl groups excluding tert-OH is 2. The van der Waals surface area contributed by atoms with E-state index < -0.39 is 12.2 Å². The summed E-state index contributed by atoms with van der Waals surface area (Å²) in [6.07, 6.45) is 1.10. The van der Waals surface area contributed by atoms with Crippen LogP contribution in [0.2, 0.25) is 0 Å². The Labute approximate surface area is 98.6 Å². The molecule has 0 spiro atoms. The van der Waals surface area contributed by atoms with Gasteiger partial charge in [0.15, 0.2) is 0 Å². The summed E-state index contributed by atoms with van der Waals surface area (Å²) in [6.45, 7) is 7.57. The molecule has 1 aliphatic heterocycles. The Balaban J connectivity index is 2.55. The number of aliphatic hydroxyl groups is 2. The summed E-state index contributed by atoms with van der Waals surface area (Å²) in [4.78, 5) is 2.18. The molecule has 4 nitrogen and oxygen atoms in total. The third kappa shape index (κ3) is 3.17. The minimum absolute atomic E-state index is 0.262. The molecule has 0 radical (unpaired) electrons. The van der Waals surface area contributed by atoms with Gasteiger partial charge in [-0.15, -0.1) is 0 Å². The maximum Gasteiger partial charge on any atom is 0.0938 e. The fourth-order valence-electron chi connectivity index (χ4n) is 2.60. The highest BCUT2D eigenvalue weighted by Crippen LogP contribution is 2.28. The SMILES string of the molecule is CCC(CC)(CNC)CN1CC(O)C(O)C1. The highest BCUT2D eigenvalue weighted by Gasteiger charge is 2.35. The van der Waals surface area contributed by atoms with Gasteiger partial charge in [-0.1, -0.05) is 13.8 Å². The molecule has 1 rings (SSSR count). The van der Waals surface area contributed by atoms with Gasteiger partial charge >= 0.3 is 0 Å². The van der Waals surface area contributed by atoms with E-state index in [4.69, 9.17) is 0 Å². The van der Waals surface area contributed by atoms with Gasteiger partial charge in [-0.2, -0.15) is 0 Å². The normalized spacial score (nSPS) is 27.6. The van der Waals surface area contributed by atoms with Crippen LogP contribution in [-0.2, 0) is 0 Å². The molecule has 1 heterocycles. The molecule has 0 aliphatic carbocycles.